The van der Waals surface area contributed by atoms with Crippen molar-refractivity contribution in [2.24, 2.45) is 5.92 Å². The number of carbonyl (C=O) groups excluding carboxylic acids is 2. The third-order valence-corrected chi connectivity index (χ3v) is 5.27. The first kappa shape index (κ1) is 27.9. The second-order valence-electron chi connectivity index (χ2n) is 8.05. The van der Waals surface area contributed by atoms with E-state index in [0.717, 1.165) is 34.4 Å². The van der Waals surface area contributed by atoms with Gasteiger partial charge in [-0.1, -0.05) is 48.5 Å². The molecular weight excluding hydrogens is 418 g/mol. The van der Waals surface area contributed by atoms with Crippen molar-refractivity contribution in [3.8, 4) is 17.4 Å². The highest BCUT2D eigenvalue weighted by molar-refractivity contribution is 5.97. The summed E-state index contributed by atoms with van der Waals surface area (Å²) in [5, 5.41) is 0. The molecule has 0 bridgehead atoms. The first-order valence-electron chi connectivity index (χ1n) is 11.0. The average Bonchev–Trinajstić information content (AvgIpc) is 2.77. The van der Waals surface area contributed by atoms with Crippen LogP contribution in [0.5, 0.6) is 17.4 Å². The summed E-state index contributed by atoms with van der Waals surface area (Å²) in [6, 6.07) is 0. The fraction of sp³-hybridized carbons (Fsp3) is 0.444. The molecule has 33 heavy (non-hydrogen) atoms. The fourth-order valence-corrected chi connectivity index (χ4v) is 3.25. The van der Waals surface area contributed by atoms with Gasteiger partial charge in [0.2, 0.25) is 5.75 Å². The number of nitrogens with zero attached hydrogens (tertiary/aromatic N) is 1. The van der Waals surface area contributed by atoms with Crippen LogP contribution in [-0.4, -0.2) is 31.0 Å². The zero-order valence-corrected chi connectivity index (χ0v) is 21.4. The van der Waals surface area contributed by atoms with Crippen molar-refractivity contribution in [2.45, 2.75) is 61.3 Å². The van der Waals surface area contributed by atoms with Crippen molar-refractivity contribution in [2.75, 3.05) is 14.2 Å². The first-order valence-corrected chi connectivity index (χ1v) is 11.0. The Morgan fingerprint density at radius 2 is 1.73 bits per heavy atom. The lowest BCUT2D eigenvalue weighted by molar-refractivity contribution is -0.132. The van der Waals surface area contributed by atoms with Gasteiger partial charge in [-0.3, -0.25) is 9.59 Å². The third-order valence-electron chi connectivity index (χ3n) is 5.27. The van der Waals surface area contributed by atoms with Crippen molar-refractivity contribution in [3.05, 3.63) is 58.4 Å². The van der Waals surface area contributed by atoms with Crippen LogP contribution in [0.3, 0.4) is 0 Å². The van der Waals surface area contributed by atoms with E-state index in [2.05, 4.69) is 17.1 Å². The fourth-order valence-electron chi connectivity index (χ4n) is 3.25. The molecule has 0 aromatic carbocycles. The predicted molar refractivity (Wildman–Crippen MR) is 132 cm³/mol. The zero-order chi connectivity index (χ0) is 25.1. The number of methoxy groups -OCH3 is 2. The molecule has 1 aromatic rings. The van der Waals surface area contributed by atoms with Gasteiger partial charge in [-0.2, -0.15) is 0 Å². The van der Waals surface area contributed by atoms with Crippen LogP contribution in [0.15, 0.2) is 47.1 Å². The van der Waals surface area contributed by atoms with Crippen LogP contribution in [0.4, 0.5) is 0 Å². The molecule has 0 radical (unpaired) electrons. The molecule has 0 aliphatic rings. The molecule has 1 aromatic heterocycles. The number of rotatable bonds is 11. The van der Waals surface area contributed by atoms with E-state index in [9.17, 15) is 9.59 Å². The SMILES string of the molecule is C/C=C(\C)C(=O)[C@H](C)/C=C(C)/C=C/C/C(C)=C/Cc1nc(OC)c(OC)c(OC(C)=O)c1C. The lowest BCUT2D eigenvalue weighted by atomic mass is 9.97. The molecule has 0 saturated carbocycles. The number of hydrogen-bond donors (Lipinski definition) is 0. The van der Waals surface area contributed by atoms with Crippen LogP contribution >= 0.6 is 0 Å². The molecule has 0 aliphatic carbocycles. The Hall–Kier alpha value is -3.15. The number of carbonyl (C=O) groups is 2. The molecule has 0 saturated heterocycles. The van der Waals surface area contributed by atoms with Crippen molar-refractivity contribution < 1.29 is 23.8 Å². The van der Waals surface area contributed by atoms with Gasteiger partial charge in [0.1, 0.15) is 0 Å². The second kappa shape index (κ2) is 13.4. The minimum absolute atomic E-state index is 0.145. The van der Waals surface area contributed by atoms with E-state index in [1.165, 1.54) is 21.1 Å². The number of aromatic nitrogens is 1. The van der Waals surface area contributed by atoms with Crippen molar-refractivity contribution in [3.63, 3.8) is 0 Å². The molecule has 0 spiro atoms. The van der Waals surface area contributed by atoms with Crippen molar-refractivity contribution in [1.29, 1.82) is 0 Å². The van der Waals surface area contributed by atoms with Gasteiger partial charge < -0.3 is 14.2 Å². The summed E-state index contributed by atoms with van der Waals surface area (Å²) in [5.41, 5.74) is 4.48. The normalized spacial score (nSPS) is 13.8. The number of allylic oxidation sites excluding steroid dienone is 8. The molecule has 0 fully saturated rings. The van der Waals surface area contributed by atoms with E-state index >= 15 is 0 Å². The standard InChI is InChI=1S/C27H37NO5/c1-10-19(4)24(30)20(5)16-18(3)13-11-12-17(2)14-15-23-21(6)25(33-22(7)29)26(31-8)27(28-23)32-9/h10-11,13-14,16,20H,12,15H2,1-9H3/b13-11+,17-14+,18-16+,19-10+/t20-/m1/s1. The Morgan fingerprint density at radius 1 is 1.06 bits per heavy atom. The molecule has 1 atom stereocenters. The Morgan fingerprint density at radius 3 is 2.27 bits per heavy atom. The Bertz CT molecular complexity index is 983. The van der Waals surface area contributed by atoms with Gasteiger partial charge in [0, 0.05) is 24.8 Å². The Balaban J connectivity index is 2.95. The lowest BCUT2D eigenvalue weighted by Crippen LogP contribution is -2.09. The highest BCUT2D eigenvalue weighted by Crippen LogP contribution is 2.40. The molecule has 1 rings (SSSR count). The van der Waals surface area contributed by atoms with E-state index in [4.69, 9.17) is 14.2 Å². The van der Waals surface area contributed by atoms with Crippen LogP contribution in [0.1, 0.15) is 59.2 Å². The van der Waals surface area contributed by atoms with E-state index in [-0.39, 0.29) is 17.6 Å². The molecular formula is C27H37NO5. The number of Topliss-reactive ketones (excluding diaryl/α,β-unsaturated/α-hetero) is 1. The van der Waals surface area contributed by atoms with E-state index in [1.54, 1.807) is 0 Å². The van der Waals surface area contributed by atoms with Gasteiger partial charge in [-0.25, -0.2) is 4.98 Å². The predicted octanol–water partition coefficient (Wildman–Crippen LogP) is 5.89. The van der Waals surface area contributed by atoms with Crippen LogP contribution < -0.4 is 14.2 Å². The topological polar surface area (TPSA) is 74.7 Å². The van der Waals surface area contributed by atoms with Gasteiger partial charge in [-0.05, 0) is 46.6 Å². The van der Waals surface area contributed by atoms with Gasteiger partial charge in [0.15, 0.2) is 11.5 Å². The molecule has 180 valence electrons. The summed E-state index contributed by atoms with van der Waals surface area (Å²) in [6.45, 7) is 12.9. The second-order valence-corrected chi connectivity index (χ2v) is 8.05. The van der Waals surface area contributed by atoms with Gasteiger partial charge >= 0.3 is 5.97 Å². The van der Waals surface area contributed by atoms with Crippen LogP contribution in [0.25, 0.3) is 0 Å². The Labute approximate surface area is 198 Å². The van der Waals surface area contributed by atoms with E-state index in [1.807, 2.05) is 59.8 Å². The van der Waals surface area contributed by atoms with E-state index in [0.29, 0.717) is 17.9 Å². The largest absolute Gasteiger partial charge is 0.489 e. The molecule has 0 aliphatic heterocycles. The Kier molecular flexibility index (Phi) is 11.3. The minimum atomic E-state index is -0.437. The highest BCUT2D eigenvalue weighted by Gasteiger charge is 2.21. The van der Waals surface area contributed by atoms with Crippen LogP contribution in [0.2, 0.25) is 0 Å². The quantitative estimate of drug-likeness (QED) is 0.179. The summed E-state index contributed by atoms with van der Waals surface area (Å²) in [5.74, 6) is 0.471. The molecule has 6 heteroatoms. The molecule has 1 heterocycles. The number of esters is 1. The third kappa shape index (κ3) is 8.37. The monoisotopic (exact) mass is 455 g/mol. The van der Waals surface area contributed by atoms with Gasteiger partial charge in [0.05, 0.1) is 19.9 Å². The summed E-state index contributed by atoms with van der Waals surface area (Å²) >= 11 is 0. The minimum Gasteiger partial charge on any atom is -0.489 e. The highest BCUT2D eigenvalue weighted by atomic mass is 16.6. The summed E-state index contributed by atoms with van der Waals surface area (Å²) in [7, 11) is 2.98. The number of pyridine rings is 1. The maximum absolute atomic E-state index is 12.2. The number of ether oxygens (including phenoxy) is 3. The summed E-state index contributed by atoms with van der Waals surface area (Å²) in [6.07, 6.45) is 11.4. The zero-order valence-electron chi connectivity index (χ0n) is 21.4. The molecule has 6 nitrogen and oxygen atoms in total. The van der Waals surface area contributed by atoms with Crippen LogP contribution in [-0.2, 0) is 16.0 Å². The lowest BCUT2D eigenvalue weighted by Gasteiger charge is -2.16. The molecule has 0 N–H and O–H groups in total. The smallest absolute Gasteiger partial charge is 0.308 e. The van der Waals surface area contributed by atoms with Crippen molar-refractivity contribution >= 4 is 11.8 Å². The molecule has 0 amide bonds. The van der Waals surface area contributed by atoms with Gasteiger partial charge in [-0.15, -0.1) is 0 Å². The maximum atomic E-state index is 12.2. The first-order chi connectivity index (χ1) is 15.5. The van der Waals surface area contributed by atoms with E-state index < -0.39 is 5.97 Å². The summed E-state index contributed by atoms with van der Waals surface area (Å²) in [4.78, 5) is 28.3. The van der Waals surface area contributed by atoms with Gasteiger partial charge in [0.25, 0.3) is 5.88 Å². The van der Waals surface area contributed by atoms with Crippen LogP contribution in [0, 0.1) is 12.8 Å². The maximum Gasteiger partial charge on any atom is 0.308 e. The molecule has 0 unspecified atom stereocenters. The summed E-state index contributed by atoms with van der Waals surface area (Å²) < 4.78 is 16.0. The van der Waals surface area contributed by atoms with Crippen molar-refractivity contribution in [1.82, 2.24) is 4.98 Å². The number of hydrogen-bond acceptors (Lipinski definition) is 6. The number of ketones is 1. The average molecular weight is 456 g/mol.